The van der Waals surface area contributed by atoms with Crippen LogP contribution in [0.4, 0.5) is 5.13 Å². The molecule has 1 amide bonds. The molecule has 4 rings (SSSR count). The van der Waals surface area contributed by atoms with Gasteiger partial charge in [0.2, 0.25) is 0 Å². The summed E-state index contributed by atoms with van der Waals surface area (Å²) in [6.07, 6.45) is 2.26. The number of ether oxygens (including phenoxy) is 2. The van der Waals surface area contributed by atoms with Crippen LogP contribution in [0.25, 0.3) is 10.2 Å². The van der Waals surface area contributed by atoms with Crippen LogP contribution in [0.5, 0.6) is 5.75 Å². The zero-order valence-electron chi connectivity index (χ0n) is 13.6. The summed E-state index contributed by atoms with van der Waals surface area (Å²) in [4.78, 5) is 16.9. The lowest BCUT2D eigenvalue weighted by Crippen LogP contribution is -2.16. The average molecular weight is 354 g/mol. The number of anilines is 1. The van der Waals surface area contributed by atoms with Gasteiger partial charge in [0.15, 0.2) is 5.13 Å². The summed E-state index contributed by atoms with van der Waals surface area (Å²) in [6, 6.07) is 15.0. The molecule has 5 nitrogen and oxygen atoms in total. The third-order valence-electron chi connectivity index (χ3n) is 4.07. The summed E-state index contributed by atoms with van der Waals surface area (Å²) < 4.78 is 12.4. The van der Waals surface area contributed by atoms with E-state index >= 15 is 0 Å². The maximum Gasteiger partial charge on any atom is 0.257 e. The van der Waals surface area contributed by atoms with Crippen molar-refractivity contribution in [2.45, 2.75) is 18.9 Å². The summed E-state index contributed by atoms with van der Waals surface area (Å²) in [6.45, 7) is 1.32. The first-order valence-electron chi connectivity index (χ1n) is 8.29. The molecule has 1 saturated heterocycles. The van der Waals surface area contributed by atoms with E-state index in [0.717, 1.165) is 29.7 Å². The Kier molecular flexibility index (Phi) is 4.63. The van der Waals surface area contributed by atoms with Gasteiger partial charge in [-0.15, -0.1) is 0 Å². The number of nitrogens with one attached hydrogen (secondary N) is 1. The summed E-state index contributed by atoms with van der Waals surface area (Å²) in [7, 11) is 0. The van der Waals surface area contributed by atoms with Crippen molar-refractivity contribution >= 4 is 32.6 Å². The number of thiazole rings is 1. The molecule has 1 atom stereocenters. The Bertz CT molecular complexity index is 854. The number of fused-ring (bicyclic) bond motifs is 1. The van der Waals surface area contributed by atoms with Crippen LogP contribution in [0.3, 0.4) is 0 Å². The fourth-order valence-corrected chi connectivity index (χ4v) is 3.65. The van der Waals surface area contributed by atoms with E-state index < -0.39 is 0 Å². The SMILES string of the molecule is O=C(Nc1nc2ccccc2s1)c1cccc(OCC2CCCO2)c1. The summed E-state index contributed by atoms with van der Waals surface area (Å²) in [5.41, 5.74) is 1.43. The molecular weight excluding hydrogens is 336 g/mol. The molecule has 3 aromatic rings. The van der Waals surface area contributed by atoms with Gasteiger partial charge >= 0.3 is 0 Å². The summed E-state index contributed by atoms with van der Waals surface area (Å²) >= 11 is 1.46. The molecule has 1 fully saturated rings. The second-order valence-electron chi connectivity index (χ2n) is 5.91. The first kappa shape index (κ1) is 16.1. The van der Waals surface area contributed by atoms with E-state index in [1.165, 1.54) is 11.3 Å². The summed E-state index contributed by atoms with van der Waals surface area (Å²) in [5, 5.41) is 3.45. The van der Waals surface area contributed by atoms with Gasteiger partial charge in [0.05, 0.1) is 16.3 Å². The van der Waals surface area contributed by atoms with Gasteiger partial charge in [-0.2, -0.15) is 0 Å². The molecule has 25 heavy (non-hydrogen) atoms. The van der Waals surface area contributed by atoms with Gasteiger partial charge in [0.1, 0.15) is 12.4 Å². The predicted molar refractivity (Wildman–Crippen MR) is 98.5 cm³/mol. The quantitative estimate of drug-likeness (QED) is 0.749. The minimum absolute atomic E-state index is 0.153. The highest BCUT2D eigenvalue weighted by molar-refractivity contribution is 7.22. The highest BCUT2D eigenvalue weighted by atomic mass is 32.1. The molecule has 0 bridgehead atoms. The van der Waals surface area contributed by atoms with Gasteiger partial charge in [0, 0.05) is 12.2 Å². The number of hydrogen-bond acceptors (Lipinski definition) is 5. The Labute approximate surface area is 149 Å². The number of rotatable bonds is 5. The first-order chi connectivity index (χ1) is 12.3. The van der Waals surface area contributed by atoms with E-state index in [-0.39, 0.29) is 12.0 Å². The van der Waals surface area contributed by atoms with Crippen LogP contribution < -0.4 is 10.1 Å². The minimum Gasteiger partial charge on any atom is -0.491 e. The molecule has 0 aliphatic carbocycles. The van der Waals surface area contributed by atoms with Crippen LogP contribution in [0.2, 0.25) is 0 Å². The first-order valence-corrected chi connectivity index (χ1v) is 9.11. The third-order valence-corrected chi connectivity index (χ3v) is 5.02. The van der Waals surface area contributed by atoms with Gasteiger partial charge in [-0.3, -0.25) is 10.1 Å². The lowest BCUT2D eigenvalue weighted by molar-refractivity contribution is 0.0679. The van der Waals surface area contributed by atoms with Gasteiger partial charge in [0.25, 0.3) is 5.91 Å². The fourth-order valence-electron chi connectivity index (χ4n) is 2.79. The molecule has 1 aromatic heterocycles. The zero-order valence-corrected chi connectivity index (χ0v) is 14.4. The van der Waals surface area contributed by atoms with Crippen molar-refractivity contribution in [3.05, 3.63) is 54.1 Å². The van der Waals surface area contributed by atoms with Crippen molar-refractivity contribution in [2.75, 3.05) is 18.5 Å². The second kappa shape index (κ2) is 7.21. The number of hydrogen-bond donors (Lipinski definition) is 1. The number of nitrogens with zero attached hydrogens (tertiary/aromatic N) is 1. The topological polar surface area (TPSA) is 60.5 Å². The van der Waals surface area contributed by atoms with Gasteiger partial charge in [-0.1, -0.05) is 29.5 Å². The largest absolute Gasteiger partial charge is 0.491 e. The van der Waals surface area contributed by atoms with Crippen molar-refractivity contribution in [1.82, 2.24) is 4.98 Å². The fraction of sp³-hybridized carbons (Fsp3) is 0.263. The van der Waals surface area contributed by atoms with Crippen LogP contribution in [-0.2, 0) is 4.74 Å². The summed E-state index contributed by atoms with van der Waals surface area (Å²) in [5.74, 6) is 0.481. The molecule has 1 unspecified atom stereocenters. The van der Waals surface area contributed by atoms with E-state index in [9.17, 15) is 4.79 Å². The normalized spacial score (nSPS) is 16.9. The van der Waals surface area contributed by atoms with Gasteiger partial charge < -0.3 is 9.47 Å². The van der Waals surface area contributed by atoms with Crippen molar-refractivity contribution in [1.29, 1.82) is 0 Å². The molecule has 0 radical (unpaired) electrons. The Morgan fingerprint density at radius 3 is 3.04 bits per heavy atom. The van der Waals surface area contributed by atoms with Gasteiger partial charge in [-0.25, -0.2) is 4.98 Å². The molecule has 1 aliphatic rings. The standard InChI is InChI=1S/C19H18N2O3S/c22-18(21-19-20-16-8-1-2-9-17(16)25-19)13-5-3-6-14(11-13)24-12-15-7-4-10-23-15/h1-3,5-6,8-9,11,15H,4,7,10,12H2,(H,20,21,22). The maximum absolute atomic E-state index is 12.5. The molecular formula is C19H18N2O3S. The molecule has 1 aliphatic heterocycles. The number of para-hydroxylation sites is 1. The molecule has 1 N–H and O–H groups in total. The Hall–Kier alpha value is -2.44. The lowest BCUT2D eigenvalue weighted by atomic mass is 10.2. The van der Waals surface area contributed by atoms with Crippen LogP contribution in [0.15, 0.2) is 48.5 Å². The Morgan fingerprint density at radius 1 is 1.28 bits per heavy atom. The molecule has 128 valence electrons. The minimum atomic E-state index is -0.193. The maximum atomic E-state index is 12.5. The molecule has 2 heterocycles. The van der Waals surface area contributed by atoms with Crippen LogP contribution in [0, 0.1) is 0 Å². The van der Waals surface area contributed by atoms with E-state index in [1.54, 1.807) is 12.1 Å². The van der Waals surface area contributed by atoms with E-state index in [1.807, 2.05) is 36.4 Å². The molecule has 2 aromatic carbocycles. The number of amides is 1. The molecule has 6 heteroatoms. The zero-order chi connectivity index (χ0) is 17.1. The highest BCUT2D eigenvalue weighted by Gasteiger charge is 2.16. The second-order valence-corrected chi connectivity index (χ2v) is 6.95. The number of carbonyl (C=O) groups excluding carboxylic acids is 1. The smallest absolute Gasteiger partial charge is 0.257 e. The van der Waals surface area contributed by atoms with Crippen LogP contribution in [-0.4, -0.2) is 30.2 Å². The number of carbonyl (C=O) groups is 1. The van der Waals surface area contributed by atoms with Crippen LogP contribution >= 0.6 is 11.3 Å². The lowest BCUT2D eigenvalue weighted by Gasteiger charge is -2.12. The average Bonchev–Trinajstić information content (AvgIpc) is 3.29. The number of aromatic nitrogens is 1. The molecule has 0 saturated carbocycles. The van der Waals surface area contributed by atoms with Crippen molar-refractivity contribution < 1.29 is 14.3 Å². The van der Waals surface area contributed by atoms with Crippen LogP contribution in [0.1, 0.15) is 23.2 Å². The van der Waals surface area contributed by atoms with Crippen molar-refractivity contribution in [3.63, 3.8) is 0 Å². The third kappa shape index (κ3) is 3.81. The Balaban J connectivity index is 1.43. The van der Waals surface area contributed by atoms with E-state index in [2.05, 4.69) is 10.3 Å². The predicted octanol–water partition coefficient (Wildman–Crippen LogP) is 4.11. The molecule has 0 spiro atoms. The highest BCUT2D eigenvalue weighted by Crippen LogP contribution is 2.26. The Morgan fingerprint density at radius 2 is 2.20 bits per heavy atom. The van der Waals surface area contributed by atoms with E-state index in [0.29, 0.717) is 23.1 Å². The number of benzene rings is 2. The van der Waals surface area contributed by atoms with Crippen molar-refractivity contribution in [3.8, 4) is 5.75 Å². The van der Waals surface area contributed by atoms with Crippen molar-refractivity contribution in [2.24, 2.45) is 0 Å². The monoisotopic (exact) mass is 354 g/mol. The van der Waals surface area contributed by atoms with E-state index in [4.69, 9.17) is 9.47 Å². The van der Waals surface area contributed by atoms with Gasteiger partial charge in [-0.05, 0) is 43.2 Å².